The number of carbonyl (C=O) groups is 1. The molecule has 0 unspecified atom stereocenters. The molecule has 2 saturated heterocycles. The fourth-order valence-electron chi connectivity index (χ4n) is 3.71. The second-order valence-electron chi connectivity index (χ2n) is 7.16. The molecule has 1 amide bonds. The zero-order chi connectivity index (χ0) is 19.1. The van der Waals surface area contributed by atoms with Crippen LogP contribution in [0, 0.1) is 5.82 Å². The van der Waals surface area contributed by atoms with Crippen molar-refractivity contribution >= 4 is 17.7 Å². The van der Waals surface area contributed by atoms with E-state index in [4.69, 9.17) is 9.47 Å². The van der Waals surface area contributed by atoms with Crippen molar-refractivity contribution < 1.29 is 18.7 Å². The van der Waals surface area contributed by atoms with Gasteiger partial charge in [0.05, 0.1) is 6.54 Å². The average Bonchev–Trinajstić information content (AvgIpc) is 2.69. The predicted octanol–water partition coefficient (Wildman–Crippen LogP) is 2.65. The maximum Gasteiger partial charge on any atom is 0.248 e. The molecule has 0 N–H and O–H groups in total. The Balaban J connectivity index is 1.44. The molecule has 2 heterocycles. The monoisotopic (exact) mass is 396 g/mol. The van der Waals surface area contributed by atoms with E-state index in [9.17, 15) is 9.18 Å². The van der Waals surface area contributed by atoms with E-state index in [1.54, 1.807) is 12.1 Å². The summed E-state index contributed by atoms with van der Waals surface area (Å²) in [6.07, 6.45) is 5.28. The topological polar surface area (TPSA) is 42.0 Å². The van der Waals surface area contributed by atoms with Crippen molar-refractivity contribution in [3.05, 3.63) is 30.1 Å². The van der Waals surface area contributed by atoms with Gasteiger partial charge in [-0.05, 0) is 62.1 Å². The molecule has 150 valence electrons. The van der Waals surface area contributed by atoms with Crippen LogP contribution in [0.25, 0.3) is 0 Å². The number of benzene rings is 1. The first kappa shape index (κ1) is 20.4. The molecule has 1 aromatic carbocycles. The third-order valence-electron chi connectivity index (χ3n) is 5.23. The molecule has 0 bridgehead atoms. The SMILES string of the molecule is CSCCCN1CCC(N2C[C@@H](COc3ccc(F)cc3)OCC2=O)CC1. The molecular weight excluding hydrogens is 367 g/mol. The van der Waals surface area contributed by atoms with Crippen LogP contribution >= 0.6 is 11.8 Å². The van der Waals surface area contributed by atoms with Crippen molar-refractivity contribution in [2.45, 2.75) is 31.4 Å². The van der Waals surface area contributed by atoms with E-state index in [0.717, 1.165) is 32.5 Å². The highest BCUT2D eigenvalue weighted by Crippen LogP contribution is 2.21. The van der Waals surface area contributed by atoms with E-state index in [0.29, 0.717) is 24.9 Å². The Kier molecular flexibility index (Phi) is 7.79. The van der Waals surface area contributed by atoms with Gasteiger partial charge >= 0.3 is 0 Å². The maximum atomic E-state index is 13.0. The number of nitrogens with zero attached hydrogens (tertiary/aromatic N) is 2. The van der Waals surface area contributed by atoms with Crippen LogP contribution in [-0.4, -0.2) is 79.3 Å². The van der Waals surface area contributed by atoms with E-state index in [1.165, 1.54) is 24.3 Å². The first-order valence-corrected chi connectivity index (χ1v) is 11.1. The largest absolute Gasteiger partial charge is 0.491 e. The first-order chi connectivity index (χ1) is 13.2. The minimum atomic E-state index is -0.284. The van der Waals surface area contributed by atoms with Crippen LogP contribution in [-0.2, 0) is 9.53 Å². The second-order valence-corrected chi connectivity index (χ2v) is 8.15. The molecule has 1 aromatic rings. The molecule has 27 heavy (non-hydrogen) atoms. The smallest absolute Gasteiger partial charge is 0.248 e. The van der Waals surface area contributed by atoms with Gasteiger partial charge in [-0.15, -0.1) is 0 Å². The van der Waals surface area contributed by atoms with Crippen LogP contribution in [0.1, 0.15) is 19.3 Å². The Labute approximate surface area is 165 Å². The number of likely N-dealkylation sites (tertiary alicyclic amines) is 1. The Hall–Kier alpha value is -1.31. The van der Waals surface area contributed by atoms with Crippen molar-refractivity contribution in [3.63, 3.8) is 0 Å². The van der Waals surface area contributed by atoms with Gasteiger partial charge in [-0.25, -0.2) is 4.39 Å². The minimum Gasteiger partial charge on any atom is -0.491 e. The van der Waals surface area contributed by atoms with E-state index in [2.05, 4.69) is 11.2 Å². The van der Waals surface area contributed by atoms with Gasteiger partial charge < -0.3 is 19.3 Å². The van der Waals surface area contributed by atoms with E-state index in [1.807, 2.05) is 16.7 Å². The van der Waals surface area contributed by atoms with Gasteiger partial charge in [0.15, 0.2) is 0 Å². The Morgan fingerprint density at radius 1 is 1.26 bits per heavy atom. The third-order valence-corrected chi connectivity index (χ3v) is 5.93. The molecular formula is C20H29FN2O3S. The van der Waals surface area contributed by atoms with Crippen molar-refractivity contribution in [3.8, 4) is 5.75 Å². The highest BCUT2D eigenvalue weighted by atomic mass is 32.2. The Morgan fingerprint density at radius 2 is 2.00 bits per heavy atom. The maximum absolute atomic E-state index is 13.0. The average molecular weight is 397 g/mol. The summed E-state index contributed by atoms with van der Waals surface area (Å²) < 4.78 is 24.3. The number of amides is 1. The van der Waals surface area contributed by atoms with E-state index >= 15 is 0 Å². The second kappa shape index (κ2) is 10.3. The van der Waals surface area contributed by atoms with Crippen molar-refractivity contribution in [2.24, 2.45) is 0 Å². The number of rotatable bonds is 8. The fraction of sp³-hybridized carbons (Fsp3) is 0.650. The number of ether oxygens (including phenoxy) is 2. The first-order valence-electron chi connectivity index (χ1n) is 9.66. The molecule has 1 atom stereocenters. The van der Waals surface area contributed by atoms with Crippen LogP contribution in [0.15, 0.2) is 24.3 Å². The predicted molar refractivity (Wildman–Crippen MR) is 106 cm³/mol. The zero-order valence-corrected chi connectivity index (χ0v) is 16.8. The summed E-state index contributed by atoms with van der Waals surface area (Å²) in [4.78, 5) is 16.8. The molecule has 2 aliphatic rings. The van der Waals surface area contributed by atoms with Crippen molar-refractivity contribution in [1.29, 1.82) is 0 Å². The van der Waals surface area contributed by atoms with Crippen LogP contribution in [0.4, 0.5) is 4.39 Å². The van der Waals surface area contributed by atoms with E-state index in [-0.39, 0.29) is 24.4 Å². The highest BCUT2D eigenvalue weighted by Gasteiger charge is 2.33. The lowest BCUT2D eigenvalue weighted by Gasteiger charge is -2.42. The molecule has 2 fully saturated rings. The summed E-state index contributed by atoms with van der Waals surface area (Å²) in [5.41, 5.74) is 0. The molecule has 0 radical (unpaired) electrons. The molecule has 3 rings (SSSR count). The molecule has 0 aliphatic carbocycles. The summed E-state index contributed by atoms with van der Waals surface area (Å²) in [5, 5.41) is 0. The summed E-state index contributed by atoms with van der Waals surface area (Å²) in [5.74, 6) is 1.61. The number of hydrogen-bond acceptors (Lipinski definition) is 5. The number of morpholine rings is 1. The fourth-order valence-corrected chi connectivity index (χ4v) is 4.12. The molecule has 5 nitrogen and oxygen atoms in total. The van der Waals surface area contributed by atoms with Crippen LogP contribution in [0.5, 0.6) is 5.75 Å². The molecule has 2 aliphatic heterocycles. The van der Waals surface area contributed by atoms with Crippen LogP contribution in [0.3, 0.4) is 0 Å². The number of piperidine rings is 1. The third kappa shape index (κ3) is 6.09. The normalized spacial score (nSPS) is 22.2. The lowest BCUT2D eigenvalue weighted by atomic mass is 10.0. The molecule has 7 heteroatoms. The summed E-state index contributed by atoms with van der Waals surface area (Å²) in [7, 11) is 0. The lowest BCUT2D eigenvalue weighted by molar-refractivity contribution is -0.155. The van der Waals surface area contributed by atoms with Gasteiger partial charge in [0, 0.05) is 19.1 Å². The van der Waals surface area contributed by atoms with Crippen LogP contribution < -0.4 is 4.74 Å². The summed E-state index contributed by atoms with van der Waals surface area (Å²) >= 11 is 1.89. The quantitative estimate of drug-likeness (QED) is 0.632. The van der Waals surface area contributed by atoms with Gasteiger partial charge in [-0.1, -0.05) is 0 Å². The van der Waals surface area contributed by atoms with Gasteiger partial charge in [0.1, 0.15) is 30.9 Å². The van der Waals surface area contributed by atoms with Gasteiger partial charge in [-0.3, -0.25) is 4.79 Å². The number of carbonyl (C=O) groups excluding carboxylic acids is 1. The van der Waals surface area contributed by atoms with Crippen molar-refractivity contribution in [1.82, 2.24) is 9.80 Å². The molecule has 0 spiro atoms. The summed E-state index contributed by atoms with van der Waals surface area (Å²) in [6.45, 7) is 4.31. The zero-order valence-electron chi connectivity index (χ0n) is 15.9. The standard InChI is InChI=1S/C20H29FN2O3S/c1-27-12-2-9-22-10-7-17(8-11-22)23-13-19(26-15-20(23)24)14-25-18-5-3-16(21)4-6-18/h3-6,17,19H,2,7-15H2,1H3/t19-/m0/s1. The molecule has 0 aromatic heterocycles. The van der Waals surface area contributed by atoms with E-state index < -0.39 is 0 Å². The number of thioether (sulfide) groups is 1. The highest BCUT2D eigenvalue weighted by molar-refractivity contribution is 7.98. The number of hydrogen-bond donors (Lipinski definition) is 0. The molecule has 0 saturated carbocycles. The van der Waals surface area contributed by atoms with Gasteiger partial charge in [-0.2, -0.15) is 11.8 Å². The Morgan fingerprint density at radius 3 is 2.70 bits per heavy atom. The van der Waals surface area contributed by atoms with Gasteiger partial charge in [0.2, 0.25) is 5.91 Å². The minimum absolute atomic E-state index is 0.0777. The lowest BCUT2D eigenvalue weighted by Crippen LogP contribution is -2.55. The Bertz CT molecular complexity index is 593. The number of halogens is 1. The summed E-state index contributed by atoms with van der Waals surface area (Å²) in [6, 6.07) is 6.26. The van der Waals surface area contributed by atoms with Gasteiger partial charge in [0.25, 0.3) is 0 Å². The van der Waals surface area contributed by atoms with Crippen molar-refractivity contribution in [2.75, 3.05) is 51.4 Å². The van der Waals surface area contributed by atoms with Crippen LogP contribution in [0.2, 0.25) is 0 Å².